The first-order chi connectivity index (χ1) is 8.78. The van der Waals surface area contributed by atoms with Gasteiger partial charge in [0, 0.05) is 12.2 Å². The number of fused-ring (bicyclic) bond motifs is 1. The molecule has 0 fully saturated rings. The normalized spacial score (nSPS) is 21.8. The molecule has 3 nitrogen and oxygen atoms in total. The molecule has 92 valence electrons. The SMILES string of the molecule is O[B-]1([NH2+]Cc2ccccc2)OCc2ccccc21. The molecule has 0 bridgehead atoms. The van der Waals surface area contributed by atoms with Crippen LogP contribution in [-0.2, 0) is 17.8 Å². The second kappa shape index (κ2) is 4.57. The standard InChI is InChI=1S/C14H16BNO2/c17-15(16-10-12-6-2-1-3-7-12)14-9-5-4-8-13(14)11-18-15/h1-9,17H,10-11,16H2. The van der Waals surface area contributed by atoms with Crippen LogP contribution >= 0.6 is 0 Å². The maximum atomic E-state index is 10.6. The highest BCUT2D eigenvalue weighted by atomic mass is 16.5. The van der Waals surface area contributed by atoms with Gasteiger partial charge in [0.25, 0.3) is 0 Å². The Kier molecular flexibility index (Phi) is 2.92. The van der Waals surface area contributed by atoms with E-state index >= 15 is 0 Å². The first kappa shape index (κ1) is 11.5. The van der Waals surface area contributed by atoms with E-state index in [4.69, 9.17) is 4.65 Å². The van der Waals surface area contributed by atoms with E-state index in [0.717, 1.165) is 11.0 Å². The molecular formula is C14H16BNO2. The van der Waals surface area contributed by atoms with Crippen molar-refractivity contribution in [1.82, 2.24) is 0 Å². The van der Waals surface area contributed by atoms with Gasteiger partial charge in [0.2, 0.25) is 0 Å². The van der Waals surface area contributed by atoms with Gasteiger partial charge in [-0.3, -0.25) is 0 Å². The Morgan fingerprint density at radius 2 is 1.78 bits per heavy atom. The molecule has 0 saturated heterocycles. The molecule has 1 heterocycles. The van der Waals surface area contributed by atoms with E-state index in [1.54, 1.807) is 0 Å². The molecule has 0 saturated carbocycles. The van der Waals surface area contributed by atoms with Gasteiger partial charge in [-0.25, -0.2) is 0 Å². The summed E-state index contributed by atoms with van der Waals surface area (Å²) in [5, 5.41) is 12.5. The largest absolute Gasteiger partial charge is 0.524 e. The van der Waals surface area contributed by atoms with Gasteiger partial charge in [-0.1, -0.05) is 60.1 Å². The van der Waals surface area contributed by atoms with Crippen LogP contribution in [0.2, 0.25) is 0 Å². The molecule has 0 radical (unpaired) electrons. The Labute approximate surface area is 106 Å². The topological polar surface area (TPSA) is 46.1 Å². The zero-order chi connectivity index (χ0) is 12.4. The van der Waals surface area contributed by atoms with Gasteiger partial charge in [0.1, 0.15) is 0 Å². The lowest BCUT2D eigenvalue weighted by atomic mass is 9.64. The maximum Gasteiger partial charge on any atom is 0.497 e. The Hall–Kier alpha value is -1.62. The minimum atomic E-state index is -1.95. The van der Waals surface area contributed by atoms with Crippen molar-refractivity contribution >= 4 is 12.1 Å². The predicted octanol–water partition coefficient (Wildman–Crippen LogP) is 0.119. The lowest BCUT2D eigenvalue weighted by molar-refractivity contribution is -0.573. The molecule has 3 rings (SSSR count). The number of hydrogen-bond donors (Lipinski definition) is 2. The fraction of sp³-hybridized carbons (Fsp3) is 0.143. The molecule has 1 atom stereocenters. The average molecular weight is 241 g/mol. The summed E-state index contributed by atoms with van der Waals surface area (Å²) >= 11 is 0. The van der Waals surface area contributed by atoms with Crippen LogP contribution in [0.5, 0.6) is 0 Å². The van der Waals surface area contributed by atoms with Gasteiger partial charge in [0.05, 0.1) is 6.54 Å². The van der Waals surface area contributed by atoms with Crippen molar-refractivity contribution in [3.8, 4) is 0 Å². The van der Waals surface area contributed by atoms with Crippen LogP contribution in [0.25, 0.3) is 0 Å². The summed E-state index contributed by atoms with van der Waals surface area (Å²) in [4.78, 5) is 0. The van der Waals surface area contributed by atoms with Gasteiger partial charge in [0.15, 0.2) is 0 Å². The van der Waals surface area contributed by atoms with E-state index in [1.165, 1.54) is 5.56 Å². The molecule has 1 aliphatic heterocycles. The summed E-state index contributed by atoms with van der Waals surface area (Å²) in [6, 6.07) is 18.0. The third kappa shape index (κ3) is 2.06. The first-order valence-electron chi connectivity index (χ1n) is 6.26. The minimum Gasteiger partial charge on any atom is -0.524 e. The van der Waals surface area contributed by atoms with E-state index in [2.05, 4.69) is 12.1 Å². The summed E-state index contributed by atoms with van der Waals surface area (Å²) in [6.45, 7) is -0.739. The van der Waals surface area contributed by atoms with E-state index < -0.39 is 6.69 Å². The van der Waals surface area contributed by atoms with Crippen LogP contribution < -0.4 is 10.7 Å². The highest BCUT2D eigenvalue weighted by Gasteiger charge is 2.39. The Balaban J connectivity index is 1.77. The number of benzene rings is 2. The van der Waals surface area contributed by atoms with Crippen molar-refractivity contribution in [2.24, 2.45) is 0 Å². The number of hydrogen-bond acceptors (Lipinski definition) is 2. The van der Waals surface area contributed by atoms with Crippen LogP contribution in [0, 0.1) is 0 Å². The molecule has 2 aromatic carbocycles. The lowest BCUT2D eigenvalue weighted by Crippen LogP contribution is -3.03. The quantitative estimate of drug-likeness (QED) is 0.750. The van der Waals surface area contributed by atoms with Crippen molar-refractivity contribution < 1.29 is 14.9 Å². The predicted molar refractivity (Wildman–Crippen MR) is 70.9 cm³/mol. The van der Waals surface area contributed by atoms with Crippen molar-refractivity contribution in [2.75, 3.05) is 0 Å². The number of quaternary nitrogens is 1. The Morgan fingerprint density at radius 3 is 2.61 bits per heavy atom. The third-order valence-electron chi connectivity index (χ3n) is 3.51. The lowest BCUT2D eigenvalue weighted by Gasteiger charge is -2.26. The van der Waals surface area contributed by atoms with E-state index in [0.29, 0.717) is 13.2 Å². The molecule has 0 aliphatic carbocycles. The van der Waals surface area contributed by atoms with Crippen LogP contribution in [0.4, 0.5) is 0 Å². The fourth-order valence-corrected chi connectivity index (χ4v) is 2.48. The Morgan fingerprint density at radius 1 is 1.06 bits per heavy atom. The summed E-state index contributed by atoms with van der Waals surface area (Å²) in [5.74, 6) is 0. The second-order valence-electron chi connectivity index (χ2n) is 4.74. The Bertz CT molecular complexity index is 547. The monoisotopic (exact) mass is 241 g/mol. The van der Waals surface area contributed by atoms with Gasteiger partial charge in [-0.05, 0) is 5.56 Å². The van der Waals surface area contributed by atoms with Crippen LogP contribution in [0.3, 0.4) is 0 Å². The highest BCUT2D eigenvalue weighted by Crippen LogP contribution is 2.12. The molecular weight excluding hydrogens is 225 g/mol. The molecule has 0 spiro atoms. The molecule has 0 amide bonds. The van der Waals surface area contributed by atoms with Crippen LogP contribution in [-0.4, -0.2) is 11.7 Å². The zero-order valence-electron chi connectivity index (χ0n) is 10.1. The molecule has 2 aromatic rings. The van der Waals surface area contributed by atoms with Gasteiger partial charge in [-0.15, -0.1) is 0 Å². The highest BCUT2D eigenvalue weighted by molar-refractivity contribution is 6.73. The van der Waals surface area contributed by atoms with E-state index in [9.17, 15) is 5.02 Å². The molecule has 18 heavy (non-hydrogen) atoms. The van der Waals surface area contributed by atoms with Gasteiger partial charge in [-0.2, -0.15) is 0 Å². The average Bonchev–Trinajstić information content (AvgIpc) is 2.77. The van der Waals surface area contributed by atoms with Crippen molar-refractivity contribution in [2.45, 2.75) is 13.2 Å². The molecule has 1 aliphatic rings. The van der Waals surface area contributed by atoms with Crippen molar-refractivity contribution in [1.29, 1.82) is 0 Å². The third-order valence-corrected chi connectivity index (χ3v) is 3.51. The molecule has 1 unspecified atom stereocenters. The fourth-order valence-electron chi connectivity index (χ4n) is 2.48. The summed E-state index contributed by atoms with van der Waals surface area (Å²) in [5.41, 5.74) is 3.19. The van der Waals surface area contributed by atoms with Crippen molar-refractivity contribution in [3.63, 3.8) is 0 Å². The molecule has 0 aromatic heterocycles. The number of nitrogens with two attached hydrogens (primary N) is 1. The zero-order valence-corrected chi connectivity index (χ0v) is 10.1. The van der Waals surface area contributed by atoms with Crippen LogP contribution in [0.1, 0.15) is 11.1 Å². The molecule has 4 heteroatoms. The van der Waals surface area contributed by atoms with E-state index in [-0.39, 0.29) is 0 Å². The van der Waals surface area contributed by atoms with Crippen molar-refractivity contribution in [3.05, 3.63) is 65.7 Å². The summed E-state index contributed by atoms with van der Waals surface area (Å²) in [6.07, 6.45) is 0. The maximum absolute atomic E-state index is 10.6. The van der Waals surface area contributed by atoms with E-state index in [1.807, 2.05) is 47.7 Å². The first-order valence-corrected chi connectivity index (χ1v) is 6.26. The van der Waals surface area contributed by atoms with Crippen LogP contribution in [0.15, 0.2) is 54.6 Å². The van der Waals surface area contributed by atoms with Gasteiger partial charge >= 0.3 is 6.69 Å². The summed E-state index contributed by atoms with van der Waals surface area (Å²) in [7, 11) is 0. The number of rotatable bonds is 3. The molecule has 3 N–H and O–H groups in total. The van der Waals surface area contributed by atoms with Gasteiger partial charge < -0.3 is 14.9 Å². The smallest absolute Gasteiger partial charge is 0.497 e. The second-order valence-corrected chi connectivity index (χ2v) is 4.74. The summed E-state index contributed by atoms with van der Waals surface area (Å²) < 4.78 is 5.60. The minimum absolute atomic E-state index is 0.498.